The molecule has 0 saturated heterocycles. The van der Waals surface area contributed by atoms with Crippen LogP contribution >= 0.6 is 0 Å². The topological polar surface area (TPSA) is 63.1 Å². The molecule has 0 fully saturated rings. The third-order valence-electron chi connectivity index (χ3n) is 3.69. The van der Waals surface area contributed by atoms with E-state index in [1.165, 1.54) is 4.57 Å². The van der Waals surface area contributed by atoms with E-state index in [9.17, 15) is 4.79 Å². The van der Waals surface area contributed by atoms with E-state index < -0.39 is 0 Å². The van der Waals surface area contributed by atoms with Crippen LogP contribution < -0.4 is 15.3 Å². The van der Waals surface area contributed by atoms with Gasteiger partial charge in [-0.2, -0.15) is 0 Å². The Labute approximate surface area is 128 Å². The number of benzene rings is 1. The molecule has 0 saturated carbocycles. The molecular weight excluding hydrogens is 280 g/mol. The van der Waals surface area contributed by atoms with Crippen LogP contribution in [0.3, 0.4) is 0 Å². The van der Waals surface area contributed by atoms with Crippen LogP contribution in [0.1, 0.15) is 5.56 Å². The van der Waals surface area contributed by atoms with E-state index in [0.717, 1.165) is 29.2 Å². The van der Waals surface area contributed by atoms with Crippen molar-refractivity contribution in [2.45, 2.75) is 6.54 Å². The van der Waals surface area contributed by atoms with Crippen LogP contribution in [0.4, 0.5) is 5.82 Å². The van der Waals surface area contributed by atoms with Gasteiger partial charge < -0.3 is 14.6 Å². The average molecular weight is 298 g/mol. The first-order valence-corrected chi connectivity index (χ1v) is 6.98. The lowest BCUT2D eigenvalue weighted by molar-refractivity contribution is 0.414. The first kappa shape index (κ1) is 14.2. The lowest BCUT2D eigenvalue weighted by Crippen LogP contribution is -2.18. The van der Waals surface area contributed by atoms with Crippen molar-refractivity contribution in [1.29, 1.82) is 0 Å². The minimum Gasteiger partial charge on any atom is -0.497 e. The molecule has 2 heterocycles. The Morgan fingerprint density at radius 1 is 1.23 bits per heavy atom. The fraction of sp³-hybridized carbons (Fsp3) is 0.250. The number of anilines is 1. The lowest BCUT2D eigenvalue weighted by atomic mass is 10.2. The summed E-state index contributed by atoms with van der Waals surface area (Å²) in [7, 11) is 5.34. The van der Waals surface area contributed by atoms with Crippen molar-refractivity contribution < 1.29 is 4.74 Å². The van der Waals surface area contributed by atoms with Crippen molar-refractivity contribution in [2.24, 2.45) is 7.05 Å². The third kappa shape index (κ3) is 2.55. The largest absolute Gasteiger partial charge is 0.497 e. The Morgan fingerprint density at radius 3 is 2.64 bits per heavy atom. The molecule has 0 unspecified atom stereocenters. The number of aromatic amines is 1. The van der Waals surface area contributed by atoms with Crippen molar-refractivity contribution in [3.05, 3.63) is 52.4 Å². The molecule has 0 aliphatic heterocycles. The molecule has 114 valence electrons. The van der Waals surface area contributed by atoms with Gasteiger partial charge in [-0.1, -0.05) is 12.1 Å². The average Bonchev–Trinajstić information content (AvgIpc) is 2.82. The van der Waals surface area contributed by atoms with Gasteiger partial charge >= 0.3 is 5.69 Å². The van der Waals surface area contributed by atoms with E-state index in [1.807, 2.05) is 48.3 Å². The van der Waals surface area contributed by atoms with E-state index >= 15 is 0 Å². The number of nitrogens with zero attached hydrogens (tertiary/aromatic N) is 3. The van der Waals surface area contributed by atoms with Crippen molar-refractivity contribution in [2.75, 3.05) is 19.1 Å². The molecule has 0 aliphatic carbocycles. The second kappa shape index (κ2) is 5.55. The quantitative estimate of drug-likeness (QED) is 0.799. The number of pyridine rings is 1. The minimum atomic E-state index is -0.155. The Balaban J connectivity index is 1.86. The summed E-state index contributed by atoms with van der Waals surface area (Å²) in [4.78, 5) is 21.0. The van der Waals surface area contributed by atoms with Crippen LogP contribution in [0.15, 0.2) is 41.2 Å². The molecule has 0 atom stereocenters. The molecule has 1 aromatic carbocycles. The molecule has 22 heavy (non-hydrogen) atoms. The summed E-state index contributed by atoms with van der Waals surface area (Å²) in [6, 6.07) is 11.7. The molecule has 0 radical (unpaired) electrons. The Hall–Kier alpha value is -2.76. The van der Waals surface area contributed by atoms with Crippen LogP contribution in [0, 0.1) is 0 Å². The SMILES string of the molecule is COc1ccc(CN(C)c2ccc3[nH]c(=O)n(C)c3n2)cc1. The van der Waals surface area contributed by atoms with Crippen LogP contribution in [0.5, 0.6) is 5.75 Å². The molecule has 0 spiro atoms. The van der Waals surface area contributed by atoms with E-state index in [0.29, 0.717) is 5.65 Å². The predicted molar refractivity (Wildman–Crippen MR) is 86.4 cm³/mol. The van der Waals surface area contributed by atoms with Crippen molar-refractivity contribution in [3.63, 3.8) is 0 Å². The molecule has 2 aromatic heterocycles. The summed E-state index contributed by atoms with van der Waals surface area (Å²) in [5.41, 5.74) is 2.41. The number of aryl methyl sites for hydroxylation is 1. The van der Waals surface area contributed by atoms with Gasteiger partial charge in [0, 0.05) is 20.6 Å². The van der Waals surface area contributed by atoms with E-state index in [4.69, 9.17) is 4.74 Å². The molecular formula is C16H18N4O2. The lowest BCUT2D eigenvalue weighted by Gasteiger charge is -2.18. The smallest absolute Gasteiger partial charge is 0.327 e. The third-order valence-corrected chi connectivity index (χ3v) is 3.69. The molecule has 6 heteroatoms. The number of nitrogens with one attached hydrogen (secondary N) is 1. The predicted octanol–water partition coefficient (Wildman–Crippen LogP) is 1.91. The van der Waals surface area contributed by atoms with Gasteiger partial charge in [0.15, 0.2) is 5.65 Å². The monoisotopic (exact) mass is 298 g/mol. The number of rotatable bonds is 4. The van der Waals surface area contributed by atoms with Crippen LogP contribution in [-0.4, -0.2) is 28.7 Å². The van der Waals surface area contributed by atoms with E-state index in [1.54, 1.807) is 14.2 Å². The summed E-state index contributed by atoms with van der Waals surface area (Å²) in [5.74, 6) is 1.66. The van der Waals surface area contributed by atoms with Gasteiger partial charge in [-0.05, 0) is 29.8 Å². The zero-order chi connectivity index (χ0) is 15.7. The molecule has 0 aliphatic rings. The fourth-order valence-electron chi connectivity index (χ4n) is 2.39. The number of fused-ring (bicyclic) bond motifs is 1. The molecule has 1 N–H and O–H groups in total. The number of hydrogen-bond acceptors (Lipinski definition) is 4. The van der Waals surface area contributed by atoms with Gasteiger partial charge in [-0.25, -0.2) is 9.78 Å². The normalized spacial score (nSPS) is 10.9. The van der Waals surface area contributed by atoms with Gasteiger partial charge in [-0.15, -0.1) is 0 Å². The summed E-state index contributed by atoms with van der Waals surface area (Å²) in [6.07, 6.45) is 0. The standard InChI is InChI=1S/C16H18N4O2/c1-19(10-11-4-6-12(22-3)7-5-11)14-9-8-13-15(18-14)20(2)16(21)17-13/h4-9H,10H2,1-3H3,(H,17,21). The highest BCUT2D eigenvalue weighted by molar-refractivity contribution is 5.73. The first-order chi connectivity index (χ1) is 10.6. The second-order valence-corrected chi connectivity index (χ2v) is 5.23. The molecule has 0 bridgehead atoms. The number of methoxy groups -OCH3 is 1. The fourth-order valence-corrected chi connectivity index (χ4v) is 2.39. The Kier molecular flexibility index (Phi) is 3.58. The van der Waals surface area contributed by atoms with Gasteiger partial charge in [0.1, 0.15) is 11.6 Å². The van der Waals surface area contributed by atoms with E-state index in [2.05, 4.69) is 9.97 Å². The molecule has 6 nitrogen and oxygen atoms in total. The maximum atomic E-state index is 11.6. The highest BCUT2D eigenvalue weighted by Gasteiger charge is 2.09. The number of H-pyrrole nitrogens is 1. The van der Waals surface area contributed by atoms with Crippen LogP contribution in [-0.2, 0) is 13.6 Å². The zero-order valence-electron chi connectivity index (χ0n) is 12.8. The first-order valence-electron chi connectivity index (χ1n) is 6.98. The number of aromatic nitrogens is 3. The van der Waals surface area contributed by atoms with Gasteiger partial charge in [0.25, 0.3) is 0 Å². The molecule has 3 aromatic rings. The summed E-state index contributed by atoms with van der Waals surface area (Å²) >= 11 is 0. The van der Waals surface area contributed by atoms with Crippen LogP contribution in [0.2, 0.25) is 0 Å². The van der Waals surface area contributed by atoms with Crippen molar-refractivity contribution in [1.82, 2.24) is 14.5 Å². The summed E-state index contributed by atoms with van der Waals surface area (Å²) in [5, 5.41) is 0. The van der Waals surface area contributed by atoms with Gasteiger partial charge in [-0.3, -0.25) is 4.57 Å². The molecule has 3 rings (SSSR count). The maximum absolute atomic E-state index is 11.6. The maximum Gasteiger partial charge on any atom is 0.327 e. The highest BCUT2D eigenvalue weighted by Crippen LogP contribution is 2.18. The van der Waals surface area contributed by atoms with E-state index in [-0.39, 0.29) is 5.69 Å². The second-order valence-electron chi connectivity index (χ2n) is 5.23. The Bertz CT molecular complexity index is 849. The Morgan fingerprint density at radius 2 is 1.95 bits per heavy atom. The summed E-state index contributed by atoms with van der Waals surface area (Å²) in [6.45, 7) is 0.723. The van der Waals surface area contributed by atoms with Crippen molar-refractivity contribution in [3.8, 4) is 5.75 Å². The summed E-state index contributed by atoms with van der Waals surface area (Å²) < 4.78 is 6.67. The van der Waals surface area contributed by atoms with Crippen LogP contribution in [0.25, 0.3) is 11.2 Å². The van der Waals surface area contributed by atoms with Gasteiger partial charge in [0.2, 0.25) is 0 Å². The number of hydrogen-bond donors (Lipinski definition) is 1. The zero-order valence-corrected chi connectivity index (χ0v) is 12.8. The molecule has 0 amide bonds. The van der Waals surface area contributed by atoms with Gasteiger partial charge in [0.05, 0.1) is 12.6 Å². The van der Waals surface area contributed by atoms with Crippen molar-refractivity contribution >= 4 is 17.0 Å². The number of imidazole rings is 1. The minimum absolute atomic E-state index is 0.155. The highest BCUT2D eigenvalue weighted by atomic mass is 16.5. The number of ether oxygens (including phenoxy) is 1.